The molecule has 1 aromatic rings. The van der Waals surface area contributed by atoms with Crippen molar-refractivity contribution in [1.82, 2.24) is 4.98 Å². The summed E-state index contributed by atoms with van der Waals surface area (Å²) in [6.07, 6.45) is 1.86. The quantitative estimate of drug-likeness (QED) is 0.633. The Kier molecular flexibility index (Phi) is 1.86. The number of rotatable bonds is 0. The minimum atomic E-state index is 0.0700. The van der Waals surface area contributed by atoms with Crippen LogP contribution in [0.1, 0.15) is 23.6 Å². The van der Waals surface area contributed by atoms with Crippen molar-refractivity contribution in [1.29, 1.82) is 5.26 Å². The number of pyridine rings is 1. The van der Waals surface area contributed by atoms with Gasteiger partial charge < -0.3 is 0 Å². The molecular formula is C9H7BrN2. The van der Waals surface area contributed by atoms with Crippen LogP contribution in [-0.4, -0.2) is 4.98 Å². The molecule has 0 amide bonds. The first kappa shape index (κ1) is 7.75. The number of hydrogen-bond donors (Lipinski definition) is 0. The number of nitriles is 1. The van der Waals surface area contributed by atoms with E-state index in [1.54, 1.807) is 0 Å². The number of nitrogens with zero attached hydrogens (tertiary/aromatic N) is 2. The van der Waals surface area contributed by atoms with E-state index in [2.05, 4.69) is 27.0 Å². The Labute approximate surface area is 79.4 Å². The molecule has 0 saturated carbocycles. The van der Waals surface area contributed by atoms with E-state index in [4.69, 9.17) is 5.26 Å². The van der Waals surface area contributed by atoms with E-state index in [0.717, 1.165) is 28.7 Å². The van der Waals surface area contributed by atoms with E-state index in [1.165, 1.54) is 0 Å². The number of fused-ring (bicyclic) bond motifs is 1. The second-order valence-electron chi connectivity index (χ2n) is 2.89. The molecule has 0 bridgehead atoms. The van der Waals surface area contributed by atoms with Gasteiger partial charge >= 0.3 is 0 Å². The third-order valence-corrected chi connectivity index (χ3v) is 2.62. The Morgan fingerprint density at radius 2 is 2.42 bits per heavy atom. The Morgan fingerprint density at radius 1 is 1.58 bits per heavy atom. The second kappa shape index (κ2) is 2.87. The van der Waals surface area contributed by atoms with Gasteiger partial charge in [0.05, 0.1) is 12.0 Å². The lowest BCUT2D eigenvalue weighted by Crippen LogP contribution is -1.90. The molecule has 0 spiro atoms. The maximum atomic E-state index is 8.79. The van der Waals surface area contributed by atoms with Gasteiger partial charge in [0.15, 0.2) is 0 Å². The molecule has 1 aliphatic carbocycles. The van der Waals surface area contributed by atoms with Crippen molar-refractivity contribution in [2.45, 2.75) is 18.8 Å². The molecule has 1 unspecified atom stereocenters. The summed E-state index contributed by atoms with van der Waals surface area (Å²) in [5, 5.41) is 8.79. The van der Waals surface area contributed by atoms with Crippen LogP contribution in [0.2, 0.25) is 0 Å². The minimum absolute atomic E-state index is 0.0700. The highest BCUT2D eigenvalue weighted by Gasteiger charge is 2.22. The first-order valence-electron chi connectivity index (χ1n) is 3.86. The largest absolute Gasteiger partial charge is 0.246 e. The predicted octanol–water partition coefficient (Wildman–Crippen LogP) is 2.40. The third kappa shape index (κ3) is 1.12. The van der Waals surface area contributed by atoms with Crippen LogP contribution in [0.3, 0.4) is 0 Å². The van der Waals surface area contributed by atoms with Gasteiger partial charge in [-0.3, -0.25) is 0 Å². The van der Waals surface area contributed by atoms with E-state index in [-0.39, 0.29) is 5.92 Å². The van der Waals surface area contributed by atoms with Crippen molar-refractivity contribution < 1.29 is 0 Å². The molecule has 2 rings (SSSR count). The van der Waals surface area contributed by atoms with Gasteiger partial charge in [0.1, 0.15) is 4.60 Å². The highest BCUT2D eigenvalue weighted by atomic mass is 79.9. The summed E-state index contributed by atoms with van der Waals surface area (Å²) in [4.78, 5) is 4.32. The maximum absolute atomic E-state index is 8.79. The molecule has 60 valence electrons. The van der Waals surface area contributed by atoms with Gasteiger partial charge in [0, 0.05) is 5.69 Å². The molecule has 0 N–H and O–H groups in total. The normalized spacial score (nSPS) is 20.2. The number of aromatic nitrogens is 1. The molecule has 3 heteroatoms. The number of aryl methyl sites for hydroxylation is 1. The SMILES string of the molecule is N#CC1CCc2nc(Br)ccc21. The van der Waals surface area contributed by atoms with Crippen molar-refractivity contribution in [2.75, 3.05) is 0 Å². The summed E-state index contributed by atoms with van der Waals surface area (Å²) in [5.74, 6) is 0.0700. The summed E-state index contributed by atoms with van der Waals surface area (Å²) in [6, 6.07) is 6.17. The first-order valence-corrected chi connectivity index (χ1v) is 4.65. The zero-order valence-corrected chi connectivity index (χ0v) is 8.00. The van der Waals surface area contributed by atoms with Gasteiger partial charge in [-0.2, -0.15) is 5.26 Å². The molecule has 0 aromatic carbocycles. The van der Waals surface area contributed by atoms with Crippen LogP contribution in [0.5, 0.6) is 0 Å². The molecule has 1 aliphatic rings. The van der Waals surface area contributed by atoms with Gasteiger partial charge in [0.2, 0.25) is 0 Å². The van der Waals surface area contributed by atoms with Crippen LogP contribution in [0.4, 0.5) is 0 Å². The molecule has 0 fully saturated rings. The summed E-state index contributed by atoms with van der Waals surface area (Å²) < 4.78 is 0.861. The van der Waals surface area contributed by atoms with Crippen molar-refractivity contribution in [3.05, 3.63) is 28.0 Å². The standard InChI is InChI=1S/C9H7BrN2/c10-9-4-2-7-6(5-11)1-3-8(7)12-9/h2,4,6H,1,3H2. The second-order valence-corrected chi connectivity index (χ2v) is 3.70. The van der Waals surface area contributed by atoms with Crippen LogP contribution < -0.4 is 0 Å². The summed E-state index contributed by atoms with van der Waals surface area (Å²) in [5.41, 5.74) is 2.19. The number of halogens is 1. The van der Waals surface area contributed by atoms with Gasteiger partial charge in [0.25, 0.3) is 0 Å². The molecule has 2 nitrogen and oxygen atoms in total. The van der Waals surface area contributed by atoms with Crippen molar-refractivity contribution in [2.24, 2.45) is 0 Å². The fourth-order valence-corrected chi connectivity index (χ4v) is 1.92. The summed E-state index contributed by atoms with van der Waals surface area (Å²) in [7, 11) is 0. The van der Waals surface area contributed by atoms with Gasteiger partial charge in [-0.25, -0.2) is 4.98 Å². The van der Waals surface area contributed by atoms with Gasteiger partial charge in [-0.05, 0) is 40.4 Å². The molecule has 1 atom stereocenters. The van der Waals surface area contributed by atoms with E-state index < -0.39 is 0 Å². The highest BCUT2D eigenvalue weighted by molar-refractivity contribution is 9.10. The van der Waals surface area contributed by atoms with Crippen molar-refractivity contribution >= 4 is 15.9 Å². The average molecular weight is 223 g/mol. The van der Waals surface area contributed by atoms with E-state index in [1.807, 2.05) is 12.1 Å². The lowest BCUT2D eigenvalue weighted by molar-refractivity contribution is 0.821. The zero-order chi connectivity index (χ0) is 8.55. The molecule has 1 heterocycles. The fraction of sp³-hybridized carbons (Fsp3) is 0.333. The van der Waals surface area contributed by atoms with E-state index in [9.17, 15) is 0 Å². The van der Waals surface area contributed by atoms with Crippen LogP contribution in [-0.2, 0) is 6.42 Å². The van der Waals surface area contributed by atoms with E-state index >= 15 is 0 Å². The molecule has 12 heavy (non-hydrogen) atoms. The zero-order valence-electron chi connectivity index (χ0n) is 6.42. The lowest BCUT2D eigenvalue weighted by atomic mass is 10.1. The molecule has 0 saturated heterocycles. The van der Waals surface area contributed by atoms with Crippen LogP contribution in [0.15, 0.2) is 16.7 Å². The Bertz CT molecular complexity index is 354. The molecule has 0 aliphatic heterocycles. The smallest absolute Gasteiger partial charge is 0.106 e. The van der Waals surface area contributed by atoms with Crippen molar-refractivity contribution in [3.63, 3.8) is 0 Å². The van der Waals surface area contributed by atoms with Gasteiger partial charge in [-0.15, -0.1) is 0 Å². The maximum Gasteiger partial charge on any atom is 0.106 e. The monoisotopic (exact) mass is 222 g/mol. The van der Waals surface area contributed by atoms with Gasteiger partial charge in [-0.1, -0.05) is 6.07 Å². The van der Waals surface area contributed by atoms with Crippen molar-refractivity contribution in [3.8, 4) is 6.07 Å². The number of hydrogen-bond acceptors (Lipinski definition) is 2. The molecule has 0 radical (unpaired) electrons. The summed E-state index contributed by atoms with van der Waals surface area (Å²) in [6.45, 7) is 0. The third-order valence-electron chi connectivity index (χ3n) is 2.18. The van der Waals surface area contributed by atoms with Crippen LogP contribution >= 0.6 is 15.9 Å². The molecular weight excluding hydrogens is 216 g/mol. The Balaban J connectivity index is 2.49. The first-order chi connectivity index (χ1) is 5.81. The van der Waals surface area contributed by atoms with Crippen LogP contribution in [0.25, 0.3) is 0 Å². The van der Waals surface area contributed by atoms with E-state index in [0.29, 0.717) is 0 Å². The predicted molar refractivity (Wildman–Crippen MR) is 48.6 cm³/mol. The lowest BCUT2D eigenvalue weighted by Gasteiger charge is -2.00. The molecule has 1 aromatic heterocycles. The topological polar surface area (TPSA) is 36.7 Å². The summed E-state index contributed by atoms with van der Waals surface area (Å²) >= 11 is 3.31. The fourth-order valence-electron chi connectivity index (χ4n) is 1.57. The Morgan fingerprint density at radius 3 is 3.17 bits per heavy atom. The highest BCUT2D eigenvalue weighted by Crippen LogP contribution is 2.31. The Hall–Kier alpha value is -0.880. The average Bonchev–Trinajstić information content (AvgIpc) is 2.46. The minimum Gasteiger partial charge on any atom is -0.246 e. The van der Waals surface area contributed by atoms with Crippen LogP contribution in [0, 0.1) is 11.3 Å².